The number of hydrogen-bond acceptors (Lipinski definition) is 3. The third-order valence-corrected chi connectivity index (χ3v) is 1.85. The number of rotatable bonds is 3. The fourth-order valence-corrected chi connectivity index (χ4v) is 1.16. The van der Waals surface area contributed by atoms with Crippen molar-refractivity contribution in [2.24, 2.45) is 11.5 Å². The van der Waals surface area contributed by atoms with Gasteiger partial charge in [-0.2, -0.15) is 0 Å². The van der Waals surface area contributed by atoms with Crippen LogP contribution in [0.3, 0.4) is 0 Å². The second-order valence-electron chi connectivity index (χ2n) is 2.70. The number of halogens is 1. The highest BCUT2D eigenvalue weighted by molar-refractivity contribution is 5.37. The molecule has 1 aromatic carbocycles. The molecule has 0 amide bonds. The molecular weight excluding hydrogens is 171 g/mol. The first-order valence-electron chi connectivity index (χ1n) is 3.98. The first-order valence-corrected chi connectivity index (χ1v) is 3.98. The van der Waals surface area contributed by atoms with Crippen LogP contribution in [-0.2, 0) is 0 Å². The minimum Gasteiger partial charge on any atom is -0.493 e. The lowest BCUT2D eigenvalue weighted by atomic mass is 10.1. The molecule has 0 heterocycles. The van der Waals surface area contributed by atoms with Crippen molar-refractivity contribution in [2.75, 3.05) is 13.7 Å². The van der Waals surface area contributed by atoms with Gasteiger partial charge in [0, 0.05) is 18.2 Å². The average Bonchev–Trinajstić information content (AvgIpc) is 2.16. The molecule has 0 aliphatic carbocycles. The molecule has 0 bridgehead atoms. The van der Waals surface area contributed by atoms with Gasteiger partial charge in [0.25, 0.3) is 0 Å². The molecule has 0 saturated heterocycles. The fraction of sp³-hybridized carbons (Fsp3) is 0.333. The van der Waals surface area contributed by atoms with E-state index in [0.717, 1.165) is 0 Å². The Hall–Kier alpha value is -1.13. The van der Waals surface area contributed by atoms with E-state index >= 15 is 0 Å². The van der Waals surface area contributed by atoms with Crippen molar-refractivity contribution in [1.82, 2.24) is 0 Å². The summed E-state index contributed by atoms with van der Waals surface area (Å²) in [6.45, 7) is 0.264. The average molecular weight is 184 g/mol. The number of nitrogens with two attached hydrogens (primary N) is 2. The van der Waals surface area contributed by atoms with E-state index in [4.69, 9.17) is 16.2 Å². The maximum atomic E-state index is 13.1. The van der Waals surface area contributed by atoms with Crippen LogP contribution in [0.5, 0.6) is 5.75 Å². The van der Waals surface area contributed by atoms with Gasteiger partial charge in [-0.3, -0.25) is 0 Å². The van der Waals surface area contributed by atoms with Crippen molar-refractivity contribution < 1.29 is 9.13 Å². The number of para-hydroxylation sites is 1. The van der Waals surface area contributed by atoms with Gasteiger partial charge in [-0.1, -0.05) is 12.1 Å². The van der Waals surface area contributed by atoms with Gasteiger partial charge in [0.05, 0.1) is 7.11 Å². The predicted octanol–water partition coefficient (Wildman–Crippen LogP) is 0.793. The lowest BCUT2D eigenvalue weighted by Crippen LogP contribution is -2.21. The monoisotopic (exact) mass is 184 g/mol. The summed E-state index contributed by atoms with van der Waals surface area (Å²) in [6, 6.07) is 4.24. The Bertz CT molecular complexity index is 291. The van der Waals surface area contributed by atoms with Gasteiger partial charge in [-0.25, -0.2) is 4.39 Å². The summed E-state index contributed by atoms with van der Waals surface area (Å²) in [6.07, 6.45) is 0. The summed E-state index contributed by atoms with van der Waals surface area (Å²) in [4.78, 5) is 0. The molecule has 13 heavy (non-hydrogen) atoms. The molecule has 0 aromatic heterocycles. The number of benzene rings is 1. The Balaban J connectivity index is 3.12. The first-order chi connectivity index (χ1) is 6.20. The second-order valence-corrected chi connectivity index (χ2v) is 2.70. The summed E-state index contributed by atoms with van der Waals surface area (Å²) in [5, 5.41) is 0. The molecule has 0 aliphatic rings. The summed E-state index contributed by atoms with van der Waals surface area (Å²) >= 11 is 0. The van der Waals surface area contributed by atoms with Gasteiger partial charge in [0.1, 0.15) is 0 Å². The Kier molecular flexibility index (Phi) is 3.22. The van der Waals surface area contributed by atoms with Crippen LogP contribution >= 0.6 is 0 Å². The zero-order chi connectivity index (χ0) is 9.84. The molecule has 0 radical (unpaired) electrons. The molecule has 1 rings (SSSR count). The highest BCUT2D eigenvalue weighted by atomic mass is 19.1. The first kappa shape index (κ1) is 9.95. The van der Waals surface area contributed by atoms with E-state index in [1.165, 1.54) is 13.2 Å². The Morgan fingerprint density at radius 2 is 2.23 bits per heavy atom. The van der Waals surface area contributed by atoms with Crippen molar-refractivity contribution in [3.63, 3.8) is 0 Å². The van der Waals surface area contributed by atoms with Crippen LogP contribution in [0.1, 0.15) is 11.6 Å². The van der Waals surface area contributed by atoms with Crippen molar-refractivity contribution in [3.05, 3.63) is 29.6 Å². The largest absolute Gasteiger partial charge is 0.493 e. The van der Waals surface area contributed by atoms with Crippen LogP contribution in [0, 0.1) is 5.82 Å². The van der Waals surface area contributed by atoms with E-state index in [1.807, 2.05) is 0 Å². The van der Waals surface area contributed by atoms with Gasteiger partial charge < -0.3 is 16.2 Å². The predicted molar refractivity (Wildman–Crippen MR) is 48.9 cm³/mol. The normalized spacial score (nSPS) is 12.6. The molecule has 72 valence electrons. The van der Waals surface area contributed by atoms with Crippen LogP contribution < -0.4 is 16.2 Å². The number of methoxy groups -OCH3 is 1. The van der Waals surface area contributed by atoms with E-state index in [1.54, 1.807) is 12.1 Å². The molecule has 0 spiro atoms. The Morgan fingerprint density at radius 1 is 1.54 bits per heavy atom. The van der Waals surface area contributed by atoms with Crippen molar-refractivity contribution in [1.29, 1.82) is 0 Å². The minimum absolute atomic E-state index is 0.181. The standard InChI is InChI=1S/C9H13FN2O/c1-13-9-6(8(12)5-11)3-2-4-7(9)10/h2-4,8H,5,11-12H2,1H3/t8-/m0/s1. The molecule has 3 nitrogen and oxygen atoms in total. The molecule has 4 heteroatoms. The van der Waals surface area contributed by atoms with Gasteiger partial charge in [0.15, 0.2) is 11.6 Å². The van der Waals surface area contributed by atoms with Gasteiger partial charge in [-0.15, -0.1) is 0 Å². The Labute approximate surface area is 76.5 Å². The van der Waals surface area contributed by atoms with E-state index in [9.17, 15) is 4.39 Å². The molecule has 0 fully saturated rings. The highest BCUT2D eigenvalue weighted by Crippen LogP contribution is 2.25. The maximum absolute atomic E-state index is 13.1. The summed E-state index contributed by atoms with van der Waals surface area (Å²) < 4.78 is 18.0. The van der Waals surface area contributed by atoms with Crippen molar-refractivity contribution >= 4 is 0 Å². The Morgan fingerprint density at radius 3 is 2.77 bits per heavy atom. The van der Waals surface area contributed by atoms with Crippen LogP contribution in [0.25, 0.3) is 0 Å². The molecule has 4 N–H and O–H groups in total. The maximum Gasteiger partial charge on any atom is 0.165 e. The lowest BCUT2D eigenvalue weighted by molar-refractivity contribution is 0.378. The number of hydrogen-bond donors (Lipinski definition) is 2. The smallest absolute Gasteiger partial charge is 0.165 e. The summed E-state index contributed by atoms with van der Waals surface area (Å²) in [5.74, 6) is -0.232. The van der Waals surface area contributed by atoms with Gasteiger partial charge in [0.2, 0.25) is 0 Å². The third-order valence-electron chi connectivity index (χ3n) is 1.85. The van der Waals surface area contributed by atoms with Crippen LogP contribution in [0.2, 0.25) is 0 Å². The third kappa shape index (κ3) is 1.96. The van der Waals surface area contributed by atoms with Crippen molar-refractivity contribution in [2.45, 2.75) is 6.04 Å². The second kappa shape index (κ2) is 4.20. The molecular formula is C9H13FN2O. The quantitative estimate of drug-likeness (QED) is 0.730. The van der Waals surface area contributed by atoms with E-state index < -0.39 is 5.82 Å². The molecule has 0 unspecified atom stereocenters. The summed E-state index contributed by atoms with van der Waals surface area (Å²) in [5.41, 5.74) is 11.6. The van der Waals surface area contributed by atoms with E-state index in [0.29, 0.717) is 5.56 Å². The van der Waals surface area contributed by atoms with Crippen LogP contribution in [-0.4, -0.2) is 13.7 Å². The zero-order valence-corrected chi connectivity index (χ0v) is 7.46. The SMILES string of the molecule is COc1c(F)cccc1[C@@H](N)CN. The van der Waals surface area contributed by atoms with Gasteiger partial charge in [-0.05, 0) is 6.07 Å². The molecule has 1 atom stereocenters. The fourth-order valence-electron chi connectivity index (χ4n) is 1.16. The lowest BCUT2D eigenvalue weighted by Gasteiger charge is -2.13. The van der Waals surface area contributed by atoms with Crippen molar-refractivity contribution in [3.8, 4) is 5.75 Å². The molecule has 0 saturated carbocycles. The van der Waals surface area contributed by atoms with Crippen LogP contribution in [0.15, 0.2) is 18.2 Å². The van der Waals surface area contributed by atoms with E-state index in [2.05, 4.69) is 0 Å². The molecule has 1 aromatic rings. The number of ether oxygens (including phenoxy) is 1. The highest BCUT2D eigenvalue weighted by Gasteiger charge is 2.13. The zero-order valence-electron chi connectivity index (χ0n) is 7.46. The minimum atomic E-state index is -0.413. The van der Waals surface area contributed by atoms with Crippen LogP contribution in [0.4, 0.5) is 4.39 Å². The summed E-state index contributed by atoms with van der Waals surface area (Å²) in [7, 11) is 1.41. The molecule has 0 aliphatic heterocycles. The van der Waals surface area contributed by atoms with E-state index in [-0.39, 0.29) is 18.3 Å². The van der Waals surface area contributed by atoms with Gasteiger partial charge >= 0.3 is 0 Å². The topological polar surface area (TPSA) is 61.3 Å².